The second-order valence-corrected chi connectivity index (χ2v) is 17.3. The average molecular weight is 821 g/mol. The summed E-state index contributed by atoms with van der Waals surface area (Å²) < 4.78 is 11.9. The molecule has 0 atom stereocenters. The van der Waals surface area contributed by atoms with Crippen molar-refractivity contribution in [3.8, 4) is 39.9 Å². The van der Waals surface area contributed by atoms with Gasteiger partial charge in [0.2, 0.25) is 0 Å². The zero-order chi connectivity index (χ0) is 41.2. The van der Waals surface area contributed by atoms with Gasteiger partial charge in [0.1, 0.15) is 5.58 Å². The van der Waals surface area contributed by atoms with Gasteiger partial charge in [-0.05, 0) is 63.3 Å². The molecular formula is C57H32N4OS. The van der Waals surface area contributed by atoms with Crippen LogP contribution in [0.5, 0.6) is 0 Å². The van der Waals surface area contributed by atoms with Crippen molar-refractivity contribution in [2.45, 2.75) is 0 Å². The van der Waals surface area contributed by atoms with E-state index in [2.05, 4.69) is 193 Å². The highest BCUT2D eigenvalue weighted by Crippen LogP contribution is 2.48. The van der Waals surface area contributed by atoms with E-state index in [1.165, 1.54) is 37.0 Å². The van der Waals surface area contributed by atoms with Gasteiger partial charge in [-0.3, -0.25) is 0 Å². The molecule has 0 unspecified atom stereocenters. The lowest BCUT2D eigenvalue weighted by molar-refractivity contribution is 0.667. The number of aromatic nitrogens is 4. The van der Waals surface area contributed by atoms with Crippen LogP contribution in [-0.4, -0.2) is 19.5 Å². The summed E-state index contributed by atoms with van der Waals surface area (Å²) in [6.45, 7) is 0. The van der Waals surface area contributed by atoms with E-state index in [0.29, 0.717) is 17.5 Å². The van der Waals surface area contributed by atoms with Crippen molar-refractivity contribution in [2.75, 3.05) is 0 Å². The van der Waals surface area contributed by atoms with Gasteiger partial charge >= 0.3 is 0 Å². The number of benzene rings is 10. The van der Waals surface area contributed by atoms with Gasteiger partial charge in [0.05, 0.1) is 16.7 Å². The maximum Gasteiger partial charge on any atom is 0.165 e. The van der Waals surface area contributed by atoms with Crippen LogP contribution in [0.4, 0.5) is 0 Å². The molecule has 0 fully saturated rings. The molecule has 14 rings (SSSR count). The highest BCUT2D eigenvalue weighted by Gasteiger charge is 2.27. The van der Waals surface area contributed by atoms with Gasteiger partial charge in [-0.15, -0.1) is 11.3 Å². The molecule has 0 amide bonds. The minimum absolute atomic E-state index is 0.591. The van der Waals surface area contributed by atoms with Crippen molar-refractivity contribution < 1.29 is 4.42 Å². The first kappa shape index (κ1) is 34.5. The van der Waals surface area contributed by atoms with Gasteiger partial charge in [-0.25, -0.2) is 15.0 Å². The molecule has 5 nitrogen and oxygen atoms in total. The number of thiophene rings is 1. The van der Waals surface area contributed by atoms with Gasteiger partial charge in [0.25, 0.3) is 0 Å². The molecule has 10 aromatic carbocycles. The van der Waals surface area contributed by atoms with Crippen molar-refractivity contribution in [3.05, 3.63) is 194 Å². The van der Waals surface area contributed by atoms with Crippen molar-refractivity contribution in [2.24, 2.45) is 0 Å². The molecule has 292 valence electrons. The Morgan fingerprint density at radius 3 is 1.84 bits per heavy atom. The molecule has 6 heteroatoms. The fourth-order valence-electron chi connectivity index (χ4n) is 10.0. The molecular weight excluding hydrogens is 789 g/mol. The summed E-state index contributed by atoms with van der Waals surface area (Å²) in [4.78, 5) is 16.5. The van der Waals surface area contributed by atoms with Crippen LogP contribution in [0.3, 0.4) is 0 Å². The topological polar surface area (TPSA) is 56.7 Å². The van der Waals surface area contributed by atoms with E-state index in [0.717, 1.165) is 81.6 Å². The fraction of sp³-hybridized carbons (Fsp3) is 0. The van der Waals surface area contributed by atoms with Crippen LogP contribution in [0.1, 0.15) is 0 Å². The number of fused-ring (bicyclic) bond motifs is 12. The lowest BCUT2D eigenvalue weighted by atomic mass is 9.95. The third-order valence-electron chi connectivity index (χ3n) is 12.8. The lowest BCUT2D eigenvalue weighted by Gasteiger charge is -2.17. The normalized spacial score (nSPS) is 12.1. The first-order chi connectivity index (χ1) is 31.2. The molecule has 0 radical (unpaired) electrons. The summed E-state index contributed by atoms with van der Waals surface area (Å²) in [6, 6.07) is 68.9. The van der Waals surface area contributed by atoms with Gasteiger partial charge in [0, 0.05) is 63.8 Å². The summed E-state index contributed by atoms with van der Waals surface area (Å²) in [6.07, 6.45) is 0. The van der Waals surface area contributed by atoms with Crippen LogP contribution >= 0.6 is 11.3 Å². The van der Waals surface area contributed by atoms with E-state index in [1.54, 1.807) is 11.3 Å². The molecule has 0 aliphatic rings. The van der Waals surface area contributed by atoms with Gasteiger partial charge in [0.15, 0.2) is 23.1 Å². The van der Waals surface area contributed by atoms with E-state index < -0.39 is 0 Å². The first-order valence-electron chi connectivity index (χ1n) is 21.2. The second-order valence-electron chi connectivity index (χ2n) is 16.3. The number of furan rings is 1. The Hall–Kier alpha value is -8.19. The lowest BCUT2D eigenvalue weighted by Crippen LogP contribution is -2.03. The van der Waals surface area contributed by atoms with Crippen LogP contribution in [0.2, 0.25) is 0 Å². The second kappa shape index (κ2) is 13.2. The summed E-state index contributed by atoms with van der Waals surface area (Å²) in [5.74, 6) is 1.84. The fourth-order valence-corrected chi connectivity index (χ4v) is 11.3. The Kier molecular flexibility index (Phi) is 7.21. The molecule has 0 N–H and O–H groups in total. The Morgan fingerprint density at radius 2 is 0.984 bits per heavy atom. The molecule has 14 aromatic rings. The maximum atomic E-state index is 7.15. The van der Waals surface area contributed by atoms with Crippen LogP contribution in [0.15, 0.2) is 199 Å². The predicted molar refractivity (Wildman–Crippen MR) is 263 cm³/mol. The van der Waals surface area contributed by atoms with Crippen LogP contribution < -0.4 is 0 Å². The van der Waals surface area contributed by atoms with E-state index >= 15 is 0 Å². The average Bonchev–Trinajstić information content (AvgIpc) is 4.02. The molecule has 4 heterocycles. The zero-order valence-corrected chi connectivity index (χ0v) is 34.4. The highest BCUT2D eigenvalue weighted by molar-refractivity contribution is 7.26. The van der Waals surface area contributed by atoms with Gasteiger partial charge < -0.3 is 8.98 Å². The van der Waals surface area contributed by atoms with Crippen LogP contribution in [0, 0.1) is 0 Å². The molecule has 0 aliphatic heterocycles. The molecule has 0 saturated carbocycles. The summed E-state index contributed by atoms with van der Waals surface area (Å²) in [5, 5.41) is 13.4. The summed E-state index contributed by atoms with van der Waals surface area (Å²) >= 11 is 1.78. The number of nitrogens with zero attached hydrogens (tertiary/aromatic N) is 4. The standard InChI is InChI=1S/C57H32N4OS/c1-2-17-35-32-47-45(31-34(35)16-1)37-20-7-10-28-46(37)61(47)52-40-23-6-5-22-39(40)51(50-43-24-8-11-29-48(43)62-53(50)52)57-59-55(42-26-13-18-33-15-3-4-19-36(33)42)58-56(60-57)44-27-14-25-41-38-21-9-12-30-49(38)63-54(41)44/h1-32H. The Balaban J connectivity index is 1.14. The van der Waals surface area contributed by atoms with E-state index in [9.17, 15) is 0 Å². The summed E-state index contributed by atoms with van der Waals surface area (Å²) in [5.41, 5.74) is 7.64. The molecule has 0 aliphatic carbocycles. The molecule has 0 saturated heterocycles. The smallest absolute Gasteiger partial charge is 0.165 e. The quantitative estimate of drug-likeness (QED) is 0.177. The van der Waals surface area contributed by atoms with Crippen molar-refractivity contribution >= 4 is 108 Å². The monoisotopic (exact) mass is 820 g/mol. The van der Waals surface area contributed by atoms with Gasteiger partial charge in [-0.1, -0.05) is 158 Å². The molecule has 0 spiro atoms. The Morgan fingerprint density at radius 1 is 0.397 bits per heavy atom. The number of hydrogen-bond acceptors (Lipinski definition) is 5. The molecule has 63 heavy (non-hydrogen) atoms. The van der Waals surface area contributed by atoms with E-state index in [1.807, 2.05) is 6.07 Å². The predicted octanol–water partition coefficient (Wildman–Crippen LogP) is 15.7. The molecule has 4 aromatic heterocycles. The summed E-state index contributed by atoms with van der Waals surface area (Å²) in [7, 11) is 0. The minimum Gasteiger partial charge on any atom is -0.454 e. The van der Waals surface area contributed by atoms with E-state index in [4.69, 9.17) is 19.4 Å². The first-order valence-corrected chi connectivity index (χ1v) is 22.0. The molecule has 0 bridgehead atoms. The SMILES string of the molecule is c1ccc2cc3c(cc2c1)c1ccccc1n3-c1c2ccccc2c(-c2nc(-c3cccc4ccccc34)nc(-c3cccc4c3sc3ccccc34)n2)c2c1oc1ccccc12. The Bertz CT molecular complexity index is 4230. The van der Waals surface area contributed by atoms with Gasteiger partial charge in [-0.2, -0.15) is 0 Å². The van der Waals surface area contributed by atoms with E-state index in [-0.39, 0.29) is 0 Å². The van der Waals surface area contributed by atoms with Crippen molar-refractivity contribution in [1.82, 2.24) is 19.5 Å². The maximum absolute atomic E-state index is 7.15. The Labute approximate surface area is 363 Å². The number of para-hydroxylation sites is 2. The minimum atomic E-state index is 0.591. The number of rotatable bonds is 4. The van der Waals surface area contributed by atoms with Crippen molar-refractivity contribution in [1.29, 1.82) is 0 Å². The van der Waals surface area contributed by atoms with Crippen LogP contribution in [-0.2, 0) is 0 Å². The third kappa shape index (κ3) is 5.01. The largest absolute Gasteiger partial charge is 0.454 e. The van der Waals surface area contributed by atoms with Crippen molar-refractivity contribution in [3.63, 3.8) is 0 Å². The number of hydrogen-bond donors (Lipinski definition) is 0. The van der Waals surface area contributed by atoms with Crippen LogP contribution in [0.25, 0.3) is 136 Å². The third-order valence-corrected chi connectivity index (χ3v) is 14.0. The highest BCUT2D eigenvalue weighted by atomic mass is 32.1. The zero-order valence-electron chi connectivity index (χ0n) is 33.6.